The van der Waals surface area contributed by atoms with E-state index in [1.54, 1.807) is 18.9 Å². The number of amides is 1. The summed E-state index contributed by atoms with van der Waals surface area (Å²) in [5.41, 5.74) is 1.11. The van der Waals surface area contributed by atoms with Crippen molar-refractivity contribution < 1.29 is 19.1 Å². The Morgan fingerprint density at radius 2 is 1.81 bits per heavy atom. The van der Waals surface area contributed by atoms with Gasteiger partial charge in [-0.3, -0.25) is 9.59 Å². The topological polar surface area (TPSA) is 55.8 Å². The third kappa shape index (κ3) is 4.13. The zero-order valence-electron chi connectivity index (χ0n) is 16.0. The Morgan fingerprint density at radius 1 is 1.15 bits per heavy atom. The van der Waals surface area contributed by atoms with Crippen molar-refractivity contribution in [1.82, 2.24) is 4.90 Å². The fourth-order valence-corrected chi connectivity index (χ4v) is 3.40. The molecule has 142 valence electrons. The first-order chi connectivity index (χ1) is 12.9. The molecule has 1 aliphatic heterocycles. The van der Waals surface area contributed by atoms with Crippen LogP contribution in [-0.2, 0) is 20.9 Å². The first-order valence-electron chi connectivity index (χ1n) is 9.07. The summed E-state index contributed by atoms with van der Waals surface area (Å²) in [4.78, 5) is 27.0. The Labute approximate surface area is 159 Å². The third-order valence-electron chi connectivity index (χ3n) is 5.15. The zero-order chi connectivity index (χ0) is 19.4. The van der Waals surface area contributed by atoms with E-state index in [1.807, 2.05) is 61.5 Å². The number of hydrogen-bond donors (Lipinski definition) is 0. The number of likely N-dealkylation sites (tertiary alicyclic amines) is 1. The molecule has 0 bridgehead atoms. The van der Waals surface area contributed by atoms with Crippen LogP contribution in [0.4, 0.5) is 0 Å². The molecule has 0 saturated carbocycles. The number of methoxy groups -OCH3 is 1. The molecular formula is C22H25NO4. The number of ether oxygens (including phenoxy) is 2. The molecular weight excluding hydrogens is 342 g/mol. The Kier molecular flexibility index (Phi) is 5.49. The number of benzene rings is 2. The predicted octanol–water partition coefficient (Wildman–Crippen LogP) is 3.74. The highest BCUT2D eigenvalue weighted by atomic mass is 16.5. The predicted molar refractivity (Wildman–Crippen MR) is 102 cm³/mol. The Bertz CT molecular complexity index is 803. The Morgan fingerprint density at radius 3 is 2.44 bits per heavy atom. The van der Waals surface area contributed by atoms with Crippen LogP contribution < -0.4 is 4.74 Å². The van der Waals surface area contributed by atoms with Crippen molar-refractivity contribution in [2.45, 2.75) is 32.9 Å². The number of esters is 1. The van der Waals surface area contributed by atoms with Gasteiger partial charge in [0.15, 0.2) is 0 Å². The van der Waals surface area contributed by atoms with Gasteiger partial charge >= 0.3 is 5.97 Å². The van der Waals surface area contributed by atoms with Crippen LogP contribution in [0.5, 0.6) is 5.75 Å². The van der Waals surface area contributed by atoms with Gasteiger partial charge in [0, 0.05) is 13.0 Å². The number of carbonyl (C=O) groups is 2. The van der Waals surface area contributed by atoms with Crippen molar-refractivity contribution in [3.05, 3.63) is 65.7 Å². The molecule has 2 aromatic carbocycles. The molecule has 0 aliphatic carbocycles. The molecule has 2 atom stereocenters. The standard InChI is InChI=1S/C22H25NO4/c1-16(18-9-11-19(26-3)12-10-18)23-15-22(2,13-20(23)24)21(25)27-14-17-7-5-4-6-8-17/h4-12,16H,13-15H2,1-3H3/t16-,22?/m0/s1. The van der Waals surface area contributed by atoms with Crippen LogP contribution in [0.1, 0.15) is 37.4 Å². The molecule has 0 aromatic heterocycles. The van der Waals surface area contributed by atoms with Crippen molar-refractivity contribution >= 4 is 11.9 Å². The summed E-state index contributed by atoms with van der Waals surface area (Å²) in [5, 5.41) is 0. The van der Waals surface area contributed by atoms with Gasteiger partial charge in [-0.15, -0.1) is 0 Å². The Balaban J connectivity index is 1.66. The lowest BCUT2D eigenvalue weighted by atomic mass is 9.90. The van der Waals surface area contributed by atoms with Crippen LogP contribution in [0.15, 0.2) is 54.6 Å². The lowest BCUT2D eigenvalue weighted by Crippen LogP contribution is -2.34. The molecule has 1 saturated heterocycles. The molecule has 0 spiro atoms. The van der Waals surface area contributed by atoms with Gasteiger partial charge < -0.3 is 14.4 Å². The van der Waals surface area contributed by atoms with Crippen LogP contribution >= 0.6 is 0 Å². The van der Waals surface area contributed by atoms with E-state index < -0.39 is 5.41 Å². The molecule has 1 fully saturated rings. The maximum Gasteiger partial charge on any atom is 0.314 e. The minimum absolute atomic E-state index is 0.0301. The van der Waals surface area contributed by atoms with Crippen molar-refractivity contribution in [3.8, 4) is 5.75 Å². The summed E-state index contributed by atoms with van der Waals surface area (Å²) in [7, 11) is 1.62. The maximum absolute atomic E-state index is 12.7. The number of carbonyl (C=O) groups excluding carboxylic acids is 2. The summed E-state index contributed by atoms with van der Waals surface area (Å²) in [5.74, 6) is 0.412. The van der Waals surface area contributed by atoms with E-state index in [-0.39, 0.29) is 30.9 Å². The van der Waals surface area contributed by atoms with Crippen LogP contribution in [0.2, 0.25) is 0 Å². The van der Waals surface area contributed by atoms with Gasteiger partial charge in [-0.1, -0.05) is 42.5 Å². The monoisotopic (exact) mass is 367 g/mol. The molecule has 1 amide bonds. The fraction of sp³-hybridized carbons (Fsp3) is 0.364. The summed E-state index contributed by atoms with van der Waals surface area (Å²) < 4.78 is 10.7. The second kappa shape index (κ2) is 7.82. The van der Waals surface area contributed by atoms with E-state index in [2.05, 4.69) is 0 Å². The molecule has 0 radical (unpaired) electrons. The summed E-state index contributed by atoms with van der Waals surface area (Å²) in [6.07, 6.45) is 0.168. The van der Waals surface area contributed by atoms with Gasteiger partial charge in [-0.05, 0) is 37.1 Å². The van der Waals surface area contributed by atoms with Gasteiger partial charge in [0.1, 0.15) is 12.4 Å². The van der Waals surface area contributed by atoms with Gasteiger partial charge in [0.25, 0.3) is 0 Å². The third-order valence-corrected chi connectivity index (χ3v) is 5.15. The molecule has 1 heterocycles. The molecule has 5 nitrogen and oxygen atoms in total. The molecule has 5 heteroatoms. The average Bonchev–Trinajstić information content (AvgIpc) is 3.02. The first-order valence-corrected chi connectivity index (χ1v) is 9.07. The summed E-state index contributed by atoms with van der Waals surface area (Å²) in [6, 6.07) is 17.1. The summed E-state index contributed by atoms with van der Waals surface area (Å²) in [6.45, 7) is 4.35. The van der Waals surface area contributed by atoms with Crippen molar-refractivity contribution in [2.75, 3.05) is 13.7 Å². The number of nitrogens with zero attached hydrogens (tertiary/aromatic N) is 1. The van der Waals surface area contributed by atoms with Crippen LogP contribution in [-0.4, -0.2) is 30.4 Å². The zero-order valence-corrected chi connectivity index (χ0v) is 16.0. The van der Waals surface area contributed by atoms with E-state index in [9.17, 15) is 9.59 Å². The van der Waals surface area contributed by atoms with Gasteiger partial charge in [-0.2, -0.15) is 0 Å². The highest BCUT2D eigenvalue weighted by Crippen LogP contribution is 2.37. The van der Waals surface area contributed by atoms with Gasteiger partial charge in [0.2, 0.25) is 5.91 Å². The fourth-order valence-electron chi connectivity index (χ4n) is 3.40. The van der Waals surface area contributed by atoms with Crippen molar-refractivity contribution in [2.24, 2.45) is 5.41 Å². The van der Waals surface area contributed by atoms with E-state index >= 15 is 0 Å². The van der Waals surface area contributed by atoms with E-state index in [4.69, 9.17) is 9.47 Å². The molecule has 2 aromatic rings. The van der Waals surface area contributed by atoms with Crippen LogP contribution in [0, 0.1) is 5.41 Å². The van der Waals surface area contributed by atoms with Crippen molar-refractivity contribution in [3.63, 3.8) is 0 Å². The quantitative estimate of drug-likeness (QED) is 0.730. The molecule has 1 unspecified atom stereocenters. The largest absolute Gasteiger partial charge is 0.497 e. The average molecular weight is 367 g/mol. The van der Waals surface area contributed by atoms with E-state index in [0.717, 1.165) is 16.9 Å². The smallest absolute Gasteiger partial charge is 0.314 e. The van der Waals surface area contributed by atoms with Gasteiger partial charge in [-0.25, -0.2) is 0 Å². The normalized spacial score (nSPS) is 20.4. The Hall–Kier alpha value is -2.82. The minimum Gasteiger partial charge on any atom is -0.497 e. The maximum atomic E-state index is 12.7. The molecule has 1 aliphatic rings. The minimum atomic E-state index is -0.827. The van der Waals surface area contributed by atoms with Crippen molar-refractivity contribution in [1.29, 1.82) is 0 Å². The summed E-state index contributed by atoms with van der Waals surface area (Å²) >= 11 is 0. The molecule has 3 rings (SSSR count). The number of rotatable bonds is 6. The van der Waals surface area contributed by atoms with E-state index in [0.29, 0.717) is 6.54 Å². The van der Waals surface area contributed by atoms with Crippen LogP contribution in [0.25, 0.3) is 0 Å². The van der Waals surface area contributed by atoms with E-state index in [1.165, 1.54) is 0 Å². The molecule has 27 heavy (non-hydrogen) atoms. The second-order valence-electron chi connectivity index (χ2n) is 7.27. The lowest BCUT2D eigenvalue weighted by Gasteiger charge is -2.27. The highest BCUT2D eigenvalue weighted by Gasteiger charge is 2.47. The highest BCUT2D eigenvalue weighted by molar-refractivity contribution is 5.89. The van der Waals surface area contributed by atoms with Crippen LogP contribution in [0.3, 0.4) is 0 Å². The van der Waals surface area contributed by atoms with Gasteiger partial charge in [0.05, 0.1) is 18.6 Å². The number of hydrogen-bond acceptors (Lipinski definition) is 4. The SMILES string of the molecule is COc1ccc([C@H](C)N2CC(C)(C(=O)OCc3ccccc3)CC2=O)cc1. The molecule has 0 N–H and O–H groups in total. The second-order valence-corrected chi connectivity index (χ2v) is 7.27. The first kappa shape index (κ1) is 19.0. The lowest BCUT2D eigenvalue weighted by molar-refractivity contribution is -0.156.